The molecule has 0 atom stereocenters. The molecular weight excluding hydrogens is 204 g/mol. The Balaban J connectivity index is 2.21. The molecule has 0 unspecified atom stereocenters. The Hall–Kier alpha value is -2.17. The van der Waals surface area contributed by atoms with E-state index in [0.29, 0.717) is 11.4 Å². The summed E-state index contributed by atoms with van der Waals surface area (Å²) >= 11 is 0. The molecule has 1 aromatic carbocycles. The van der Waals surface area contributed by atoms with Crippen molar-refractivity contribution in [3.63, 3.8) is 0 Å². The van der Waals surface area contributed by atoms with Crippen molar-refractivity contribution in [3.05, 3.63) is 30.5 Å². The van der Waals surface area contributed by atoms with Crippen LogP contribution in [0.2, 0.25) is 0 Å². The minimum absolute atomic E-state index is 0.620. The van der Waals surface area contributed by atoms with Gasteiger partial charge in [0, 0.05) is 31.1 Å². The highest BCUT2D eigenvalue weighted by molar-refractivity contribution is 5.65. The van der Waals surface area contributed by atoms with Crippen LogP contribution in [0.3, 0.4) is 0 Å². The van der Waals surface area contributed by atoms with Crippen molar-refractivity contribution in [1.82, 2.24) is 9.78 Å². The molecule has 0 aliphatic carbocycles. The molecule has 16 heavy (non-hydrogen) atoms. The summed E-state index contributed by atoms with van der Waals surface area (Å²) in [6.45, 7) is 0. The third-order valence-electron chi connectivity index (χ3n) is 2.22. The highest BCUT2D eigenvalue weighted by atomic mass is 16.5. The van der Waals surface area contributed by atoms with Gasteiger partial charge in [0.1, 0.15) is 5.75 Å². The van der Waals surface area contributed by atoms with Crippen LogP contribution in [-0.4, -0.2) is 16.9 Å². The van der Waals surface area contributed by atoms with Gasteiger partial charge in [0.05, 0.1) is 12.8 Å². The van der Waals surface area contributed by atoms with Crippen LogP contribution in [-0.2, 0) is 7.05 Å². The zero-order chi connectivity index (χ0) is 11.5. The second kappa shape index (κ2) is 4.14. The van der Waals surface area contributed by atoms with Crippen LogP contribution in [0.25, 0.3) is 0 Å². The van der Waals surface area contributed by atoms with Gasteiger partial charge in [0.2, 0.25) is 0 Å². The van der Waals surface area contributed by atoms with Crippen LogP contribution in [0.1, 0.15) is 0 Å². The molecule has 2 rings (SSSR count). The molecule has 0 aliphatic heterocycles. The van der Waals surface area contributed by atoms with Gasteiger partial charge in [-0.15, -0.1) is 0 Å². The third-order valence-corrected chi connectivity index (χ3v) is 2.22. The number of nitrogen functional groups attached to an aromatic ring is 1. The SMILES string of the molecule is COc1cc(Nc2ccn(C)n2)ccc1N. The maximum absolute atomic E-state index is 5.72. The van der Waals surface area contributed by atoms with E-state index in [1.54, 1.807) is 17.9 Å². The zero-order valence-corrected chi connectivity index (χ0v) is 9.27. The Bertz CT molecular complexity index is 492. The number of anilines is 3. The number of aryl methyl sites for hydroxylation is 1. The smallest absolute Gasteiger partial charge is 0.152 e. The van der Waals surface area contributed by atoms with Gasteiger partial charge in [-0.05, 0) is 12.1 Å². The van der Waals surface area contributed by atoms with Crippen LogP contribution < -0.4 is 15.8 Å². The molecule has 0 spiro atoms. The van der Waals surface area contributed by atoms with E-state index in [2.05, 4.69) is 10.4 Å². The number of ether oxygens (including phenoxy) is 1. The predicted octanol–water partition coefficient (Wildman–Crippen LogP) is 1.75. The molecule has 5 heteroatoms. The normalized spacial score (nSPS) is 10.1. The van der Waals surface area contributed by atoms with Crippen molar-refractivity contribution >= 4 is 17.2 Å². The van der Waals surface area contributed by atoms with Crippen molar-refractivity contribution in [2.45, 2.75) is 0 Å². The lowest BCUT2D eigenvalue weighted by atomic mass is 10.2. The van der Waals surface area contributed by atoms with E-state index in [-0.39, 0.29) is 0 Å². The number of hydrogen-bond acceptors (Lipinski definition) is 4. The quantitative estimate of drug-likeness (QED) is 0.770. The van der Waals surface area contributed by atoms with Crippen molar-refractivity contribution in [1.29, 1.82) is 0 Å². The van der Waals surface area contributed by atoms with Crippen molar-refractivity contribution in [3.8, 4) is 5.75 Å². The van der Waals surface area contributed by atoms with Crippen LogP contribution in [0.15, 0.2) is 30.5 Å². The molecule has 1 aromatic heterocycles. The number of rotatable bonds is 3. The van der Waals surface area contributed by atoms with Crippen LogP contribution in [0.4, 0.5) is 17.2 Å². The molecule has 84 valence electrons. The predicted molar refractivity (Wildman–Crippen MR) is 63.9 cm³/mol. The summed E-state index contributed by atoms with van der Waals surface area (Å²) < 4.78 is 6.87. The molecular formula is C11H14N4O. The molecule has 1 heterocycles. The minimum atomic E-state index is 0.620. The second-order valence-electron chi connectivity index (χ2n) is 3.46. The Morgan fingerprint density at radius 2 is 2.19 bits per heavy atom. The van der Waals surface area contributed by atoms with E-state index in [0.717, 1.165) is 11.5 Å². The van der Waals surface area contributed by atoms with Gasteiger partial charge in [0.25, 0.3) is 0 Å². The van der Waals surface area contributed by atoms with Gasteiger partial charge in [-0.3, -0.25) is 4.68 Å². The number of hydrogen-bond donors (Lipinski definition) is 2. The zero-order valence-electron chi connectivity index (χ0n) is 9.27. The second-order valence-corrected chi connectivity index (χ2v) is 3.46. The fourth-order valence-corrected chi connectivity index (χ4v) is 1.42. The first-order chi connectivity index (χ1) is 7.69. The molecule has 0 aliphatic rings. The molecule has 0 radical (unpaired) electrons. The topological polar surface area (TPSA) is 65.1 Å². The van der Waals surface area contributed by atoms with Gasteiger partial charge in [-0.2, -0.15) is 5.10 Å². The summed E-state index contributed by atoms with van der Waals surface area (Å²) in [5.74, 6) is 1.44. The highest BCUT2D eigenvalue weighted by Gasteiger charge is 2.02. The lowest BCUT2D eigenvalue weighted by Crippen LogP contribution is -1.96. The fourth-order valence-electron chi connectivity index (χ4n) is 1.42. The highest BCUT2D eigenvalue weighted by Crippen LogP contribution is 2.26. The average molecular weight is 218 g/mol. The number of nitrogens with one attached hydrogen (secondary N) is 1. The van der Waals surface area contributed by atoms with Crippen molar-refractivity contribution in [2.24, 2.45) is 7.05 Å². The van der Waals surface area contributed by atoms with Crippen molar-refractivity contribution < 1.29 is 4.74 Å². The first kappa shape index (κ1) is 10.4. The first-order valence-electron chi connectivity index (χ1n) is 4.89. The van der Waals surface area contributed by atoms with Gasteiger partial charge < -0.3 is 15.8 Å². The Morgan fingerprint density at radius 1 is 1.38 bits per heavy atom. The van der Waals surface area contributed by atoms with Crippen LogP contribution in [0.5, 0.6) is 5.75 Å². The largest absolute Gasteiger partial charge is 0.495 e. The number of nitrogens with zero attached hydrogens (tertiary/aromatic N) is 2. The fraction of sp³-hybridized carbons (Fsp3) is 0.182. The van der Waals surface area contributed by atoms with E-state index in [4.69, 9.17) is 10.5 Å². The number of nitrogens with two attached hydrogens (primary N) is 1. The Morgan fingerprint density at radius 3 is 2.81 bits per heavy atom. The Labute approximate surface area is 93.8 Å². The molecule has 0 bridgehead atoms. The number of benzene rings is 1. The van der Waals surface area contributed by atoms with Crippen molar-refractivity contribution in [2.75, 3.05) is 18.2 Å². The minimum Gasteiger partial charge on any atom is -0.495 e. The average Bonchev–Trinajstić information content (AvgIpc) is 2.67. The summed E-state index contributed by atoms with van der Waals surface area (Å²) in [4.78, 5) is 0. The van der Waals surface area contributed by atoms with E-state index in [1.807, 2.05) is 31.4 Å². The van der Waals surface area contributed by atoms with E-state index >= 15 is 0 Å². The van der Waals surface area contributed by atoms with Gasteiger partial charge in [-0.1, -0.05) is 0 Å². The van der Waals surface area contributed by atoms with E-state index < -0.39 is 0 Å². The van der Waals surface area contributed by atoms with Gasteiger partial charge in [0.15, 0.2) is 5.82 Å². The maximum atomic E-state index is 5.72. The molecule has 0 saturated heterocycles. The lowest BCUT2D eigenvalue weighted by molar-refractivity contribution is 0.417. The standard InChI is InChI=1S/C11H14N4O/c1-15-6-5-11(14-15)13-8-3-4-9(12)10(7-8)16-2/h3-7H,12H2,1-2H3,(H,13,14). The summed E-state index contributed by atoms with van der Waals surface area (Å²) in [5.41, 5.74) is 7.24. The Kier molecular flexibility index (Phi) is 2.68. The molecule has 3 N–H and O–H groups in total. The third kappa shape index (κ3) is 2.08. The molecule has 0 amide bonds. The molecule has 0 saturated carbocycles. The molecule has 5 nitrogen and oxygen atoms in total. The van der Waals surface area contributed by atoms with Crippen LogP contribution >= 0.6 is 0 Å². The summed E-state index contributed by atoms with van der Waals surface area (Å²) in [6.07, 6.45) is 1.87. The van der Waals surface area contributed by atoms with E-state index in [9.17, 15) is 0 Å². The molecule has 2 aromatic rings. The van der Waals surface area contributed by atoms with Gasteiger partial charge in [-0.25, -0.2) is 0 Å². The number of aromatic nitrogens is 2. The maximum Gasteiger partial charge on any atom is 0.152 e. The summed E-state index contributed by atoms with van der Waals surface area (Å²) in [7, 11) is 3.46. The first-order valence-corrected chi connectivity index (χ1v) is 4.89. The van der Waals surface area contributed by atoms with Gasteiger partial charge >= 0.3 is 0 Å². The monoisotopic (exact) mass is 218 g/mol. The molecule has 0 fully saturated rings. The number of methoxy groups -OCH3 is 1. The van der Waals surface area contributed by atoms with Crippen LogP contribution in [0, 0.1) is 0 Å². The summed E-state index contributed by atoms with van der Waals surface area (Å²) in [5, 5.41) is 7.38. The van der Waals surface area contributed by atoms with E-state index in [1.165, 1.54) is 0 Å². The summed E-state index contributed by atoms with van der Waals surface area (Å²) in [6, 6.07) is 7.41. The lowest BCUT2D eigenvalue weighted by Gasteiger charge is -2.07.